The number of aliphatic hydroxyl groups is 1. The molecule has 9 heteroatoms. The molecule has 0 aliphatic carbocycles. The van der Waals surface area contributed by atoms with Crippen LogP contribution in [0.5, 0.6) is 11.5 Å². The Hall–Kier alpha value is -0.0200. The van der Waals surface area contributed by atoms with Crippen molar-refractivity contribution < 1.29 is 57.1 Å². The van der Waals surface area contributed by atoms with E-state index in [4.69, 9.17) is 21.1 Å². The third-order valence-corrected chi connectivity index (χ3v) is 3.11. The van der Waals surface area contributed by atoms with Gasteiger partial charge in [-0.1, -0.05) is 11.6 Å². The van der Waals surface area contributed by atoms with Crippen molar-refractivity contribution in [3.05, 3.63) is 22.7 Å². The maximum atomic E-state index is 10.6. The summed E-state index contributed by atoms with van der Waals surface area (Å²) in [6, 6.07) is 2.35. The largest absolute Gasteiger partial charge is 1.00 e. The van der Waals surface area contributed by atoms with Crippen molar-refractivity contribution in [1.29, 1.82) is 0 Å². The first-order valence-electron chi connectivity index (χ1n) is 4.11. The van der Waals surface area contributed by atoms with E-state index in [-0.39, 0.29) is 58.4 Å². The van der Waals surface area contributed by atoms with Crippen LogP contribution in [0.25, 0.3) is 0 Å². The van der Waals surface area contributed by atoms with Crippen molar-refractivity contribution in [2.24, 2.45) is 0 Å². The monoisotopic (exact) mass is 288 g/mol. The second-order valence-electron chi connectivity index (χ2n) is 3.08. The van der Waals surface area contributed by atoms with Crippen LogP contribution in [0.4, 0.5) is 0 Å². The summed E-state index contributed by atoms with van der Waals surface area (Å²) in [5.74, 6) is 0.464. The maximum absolute atomic E-state index is 10.6. The zero-order valence-corrected chi connectivity index (χ0v) is 12.3. The van der Waals surface area contributed by atoms with E-state index in [2.05, 4.69) is 0 Å². The molecule has 1 aromatic carbocycles. The van der Waals surface area contributed by atoms with E-state index in [1.54, 1.807) is 0 Å². The van der Waals surface area contributed by atoms with E-state index >= 15 is 0 Å². The summed E-state index contributed by atoms with van der Waals surface area (Å²) in [6.07, 6.45) is 0. The summed E-state index contributed by atoms with van der Waals surface area (Å²) in [4.78, 5) is 0. The van der Waals surface area contributed by atoms with Gasteiger partial charge < -0.3 is 19.1 Å². The van der Waals surface area contributed by atoms with Gasteiger partial charge in [-0.2, -0.15) is 0 Å². The Morgan fingerprint density at radius 1 is 1.41 bits per heavy atom. The first kappa shape index (κ1) is 15.0. The smallest absolute Gasteiger partial charge is 0.746 e. The third kappa shape index (κ3) is 3.05. The van der Waals surface area contributed by atoms with Crippen molar-refractivity contribution in [2.75, 3.05) is 6.79 Å². The van der Waals surface area contributed by atoms with Gasteiger partial charge in [0.05, 0.1) is 5.02 Å². The molecule has 0 saturated carbocycles. The molecule has 0 saturated heterocycles. The molecule has 0 spiro atoms. The molecule has 88 valence electrons. The average molecular weight is 289 g/mol. The molecule has 0 amide bonds. The average Bonchev–Trinajstić information content (AvgIpc) is 2.63. The molecule has 0 aromatic heterocycles. The van der Waals surface area contributed by atoms with Gasteiger partial charge in [0.25, 0.3) is 0 Å². The molecule has 17 heavy (non-hydrogen) atoms. The van der Waals surface area contributed by atoms with Crippen LogP contribution >= 0.6 is 11.6 Å². The molecule has 1 N–H and O–H groups in total. The van der Waals surface area contributed by atoms with Crippen LogP contribution in [0.2, 0.25) is 5.02 Å². The summed E-state index contributed by atoms with van der Waals surface area (Å²) >= 11 is 5.76. The van der Waals surface area contributed by atoms with Gasteiger partial charge in [-0.25, -0.2) is 8.42 Å². The van der Waals surface area contributed by atoms with Crippen molar-refractivity contribution in [3.63, 3.8) is 0 Å². The predicted octanol–water partition coefficient (Wildman–Crippen LogP) is -2.39. The molecule has 0 bridgehead atoms. The van der Waals surface area contributed by atoms with Crippen LogP contribution in [0.1, 0.15) is 11.0 Å². The van der Waals surface area contributed by atoms with Crippen LogP contribution < -0.4 is 39.0 Å². The van der Waals surface area contributed by atoms with Crippen LogP contribution in [0.15, 0.2) is 12.1 Å². The quantitative estimate of drug-likeness (QED) is 0.482. The number of hydrogen-bond donors (Lipinski definition) is 1. The fourth-order valence-electron chi connectivity index (χ4n) is 1.30. The first-order chi connectivity index (χ1) is 7.39. The van der Waals surface area contributed by atoms with Crippen molar-refractivity contribution >= 4 is 21.7 Å². The van der Waals surface area contributed by atoms with Gasteiger partial charge in [-0.05, 0) is 17.7 Å². The summed E-state index contributed by atoms with van der Waals surface area (Å²) in [7, 11) is -4.84. The van der Waals surface area contributed by atoms with Gasteiger partial charge >= 0.3 is 29.6 Å². The topological polar surface area (TPSA) is 95.9 Å². The summed E-state index contributed by atoms with van der Waals surface area (Å²) in [5.41, 5.74) is -2.32. The maximum Gasteiger partial charge on any atom is 1.00 e. The van der Waals surface area contributed by atoms with Crippen LogP contribution in [-0.4, -0.2) is 24.9 Å². The molecule has 1 aromatic rings. The van der Waals surface area contributed by atoms with Crippen molar-refractivity contribution in [1.82, 2.24) is 0 Å². The molecule has 1 atom stereocenters. The Balaban J connectivity index is 0.00000144. The van der Waals surface area contributed by atoms with Crippen LogP contribution in [-0.2, 0) is 10.1 Å². The molecule has 1 aliphatic rings. The van der Waals surface area contributed by atoms with Crippen LogP contribution in [0, 0.1) is 0 Å². The fraction of sp³-hybridized carbons (Fsp3) is 0.250. The Kier molecular flexibility index (Phi) is 4.70. The zero-order valence-electron chi connectivity index (χ0n) is 8.71. The molecule has 2 rings (SSSR count). The van der Waals surface area contributed by atoms with Gasteiger partial charge in [0, 0.05) is 0 Å². The number of rotatable bonds is 2. The normalized spacial score (nSPS) is 15.2. The molecule has 0 radical (unpaired) electrons. The van der Waals surface area contributed by atoms with Crippen molar-refractivity contribution in [3.8, 4) is 11.5 Å². The fourth-order valence-corrected chi connectivity index (χ4v) is 2.04. The number of fused-ring (bicyclic) bond motifs is 1. The molecular formula is C8H6ClNaO6S. The van der Waals surface area contributed by atoms with E-state index in [1.807, 2.05) is 0 Å². The first-order valence-corrected chi connectivity index (χ1v) is 5.96. The zero-order chi connectivity index (χ0) is 11.9. The number of aliphatic hydroxyl groups excluding tert-OH is 1. The van der Waals surface area contributed by atoms with Gasteiger partial charge in [-0.3, -0.25) is 0 Å². The Morgan fingerprint density at radius 3 is 2.65 bits per heavy atom. The van der Waals surface area contributed by atoms with Gasteiger partial charge in [0.2, 0.25) is 6.79 Å². The third-order valence-electron chi connectivity index (χ3n) is 2.01. The van der Waals surface area contributed by atoms with Crippen molar-refractivity contribution in [2.45, 2.75) is 5.44 Å². The number of ether oxygens (including phenoxy) is 2. The summed E-state index contributed by atoms with van der Waals surface area (Å²) in [5, 5.41) is 9.33. The van der Waals surface area contributed by atoms with Gasteiger partial charge in [-0.15, -0.1) is 0 Å². The van der Waals surface area contributed by atoms with E-state index in [0.717, 1.165) is 6.07 Å². The Labute approximate surface area is 125 Å². The summed E-state index contributed by atoms with van der Waals surface area (Å²) < 4.78 is 41.8. The van der Waals surface area contributed by atoms with E-state index in [0.29, 0.717) is 0 Å². The molecule has 1 unspecified atom stereocenters. The van der Waals surface area contributed by atoms with E-state index in [1.165, 1.54) is 6.07 Å². The Morgan fingerprint density at radius 2 is 2.06 bits per heavy atom. The molecule has 0 fully saturated rings. The van der Waals surface area contributed by atoms with Gasteiger partial charge in [0.15, 0.2) is 16.9 Å². The molecule has 1 aliphatic heterocycles. The number of benzene rings is 1. The Bertz CT molecular complexity index is 531. The minimum Gasteiger partial charge on any atom is -0.746 e. The minimum atomic E-state index is -4.84. The molecule has 1 heterocycles. The standard InChI is InChI=1S/C8H7ClO6S.Na/c9-5-1-4(8(10)16(11,12)13)2-6-7(5)15-3-14-6;/h1-2,8,10H,3H2,(H,11,12,13);/q;+1/p-1. The minimum absolute atomic E-state index is 0. The SMILES string of the molecule is O=S(=O)([O-])C(O)c1cc(Cl)c2c(c1)OCO2.[Na+]. The number of hydrogen-bond acceptors (Lipinski definition) is 6. The second-order valence-corrected chi connectivity index (χ2v) is 4.92. The second kappa shape index (κ2) is 5.31. The summed E-state index contributed by atoms with van der Waals surface area (Å²) in [6.45, 7) is -0.0429. The predicted molar refractivity (Wildman–Crippen MR) is 52.2 cm³/mol. The molecule has 6 nitrogen and oxygen atoms in total. The van der Waals surface area contributed by atoms with E-state index < -0.39 is 15.6 Å². The van der Waals surface area contributed by atoms with Crippen LogP contribution in [0.3, 0.4) is 0 Å². The molecular weight excluding hydrogens is 283 g/mol. The van der Waals surface area contributed by atoms with Gasteiger partial charge in [0.1, 0.15) is 10.1 Å². The number of halogens is 1. The van der Waals surface area contributed by atoms with E-state index in [9.17, 15) is 18.1 Å².